The highest BCUT2D eigenvalue weighted by atomic mass is 35.5. The van der Waals surface area contributed by atoms with E-state index in [4.69, 9.17) is 11.6 Å². The molecular weight excluding hydrogens is 293 g/mol. The second kappa shape index (κ2) is 5.77. The number of halogens is 4. The fourth-order valence-electron chi connectivity index (χ4n) is 2.55. The maximum atomic E-state index is 12.7. The van der Waals surface area contributed by atoms with Gasteiger partial charge in [-0.3, -0.25) is 0 Å². The Labute approximate surface area is 120 Å². The second-order valence-electron chi connectivity index (χ2n) is 5.19. The number of nitrogens with zero attached hydrogens (tertiary/aromatic N) is 1. The first-order valence-corrected chi connectivity index (χ1v) is 6.86. The number of alkyl halides is 3. The first-order valence-electron chi connectivity index (χ1n) is 6.48. The Balaban J connectivity index is 2.26. The van der Waals surface area contributed by atoms with Crippen LogP contribution >= 0.6 is 11.6 Å². The monoisotopic (exact) mass is 308 g/mol. The van der Waals surface area contributed by atoms with Crippen molar-refractivity contribution in [3.05, 3.63) is 22.8 Å². The molecule has 2 rings (SSSR count). The van der Waals surface area contributed by atoms with Crippen LogP contribution in [-0.2, 0) is 6.18 Å². The van der Waals surface area contributed by atoms with E-state index in [0.29, 0.717) is 12.8 Å². The van der Waals surface area contributed by atoms with Crippen LogP contribution in [0.15, 0.2) is 12.1 Å². The van der Waals surface area contributed by atoms with E-state index >= 15 is 0 Å². The molecule has 1 aliphatic carbocycles. The van der Waals surface area contributed by atoms with Crippen LogP contribution in [0.2, 0.25) is 5.15 Å². The summed E-state index contributed by atoms with van der Waals surface area (Å²) in [6, 6.07) is 1.72. The number of hydrogen-bond donors (Lipinski definition) is 2. The molecule has 20 heavy (non-hydrogen) atoms. The predicted octanol–water partition coefficient (Wildman–Crippen LogP) is 3.86. The molecule has 0 unspecified atom stereocenters. The van der Waals surface area contributed by atoms with Gasteiger partial charge >= 0.3 is 6.18 Å². The summed E-state index contributed by atoms with van der Waals surface area (Å²) in [7, 11) is 0. The van der Waals surface area contributed by atoms with Gasteiger partial charge in [-0.1, -0.05) is 30.9 Å². The first-order chi connectivity index (χ1) is 9.35. The fraction of sp³-hybridized carbons (Fsp3) is 0.615. The molecule has 1 aliphatic rings. The Morgan fingerprint density at radius 1 is 1.25 bits per heavy atom. The van der Waals surface area contributed by atoms with E-state index in [2.05, 4.69) is 10.3 Å². The average molecular weight is 309 g/mol. The smallest absolute Gasteiger partial charge is 0.394 e. The predicted molar refractivity (Wildman–Crippen MR) is 70.8 cm³/mol. The highest BCUT2D eigenvalue weighted by Crippen LogP contribution is 2.35. The SMILES string of the molecule is OCC1(Nc2cc(C(F)(F)F)cc(Cl)n2)CCCCC1. The molecule has 0 saturated heterocycles. The van der Waals surface area contributed by atoms with Gasteiger partial charge in [-0.15, -0.1) is 0 Å². The number of aromatic nitrogens is 1. The third kappa shape index (κ3) is 3.55. The number of aliphatic hydroxyl groups is 1. The molecule has 0 atom stereocenters. The van der Waals surface area contributed by atoms with Gasteiger partial charge < -0.3 is 10.4 Å². The summed E-state index contributed by atoms with van der Waals surface area (Å²) in [5, 5.41) is 12.3. The second-order valence-corrected chi connectivity index (χ2v) is 5.57. The van der Waals surface area contributed by atoms with Crippen molar-refractivity contribution in [2.75, 3.05) is 11.9 Å². The minimum absolute atomic E-state index is 0.0563. The van der Waals surface area contributed by atoms with Gasteiger partial charge in [0, 0.05) is 0 Å². The summed E-state index contributed by atoms with van der Waals surface area (Å²) in [6.45, 7) is -0.136. The zero-order chi connectivity index (χ0) is 14.8. The molecule has 1 aromatic heterocycles. The highest BCUT2D eigenvalue weighted by Gasteiger charge is 2.34. The molecule has 1 fully saturated rings. The van der Waals surface area contributed by atoms with E-state index in [-0.39, 0.29) is 17.6 Å². The largest absolute Gasteiger partial charge is 0.416 e. The third-order valence-corrected chi connectivity index (χ3v) is 3.82. The van der Waals surface area contributed by atoms with E-state index in [1.54, 1.807) is 0 Å². The highest BCUT2D eigenvalue weighted by molar-refractivity contribution is 6.29. The standard InChI is InChI=1S/C13H16ClF3N2O/c14-10-6-9(13(15,16)17)7-11(18-10)19-12(8-20)4-2-1-3-5-12/h6-7,20H,1-5,8H2,(H,18,19). The van der Waals surface area contributed by atoms with Gasteiger partial charge in [0.1, 0.15) is 11.0 Å². The summed E-state index contributed by atoms with van der Waals surface area (Å²) in [5.74, 6) is 0.0563. The summed E-state index contributed by atoms with van der Waals surface area (Å²) in [5.41, 5.74) is -1.44. The molecule has 112 valence electrons. The number of aliphatic hydroxyl groups excluding tert-OH is 1. The van der Waals surface area contributed by atoms with Crippen LogP contribution in [0.4, 0.5) is 19.0 Å². The molecule has 0 amide bonds. The Morgan fingerprint density at radius 3 is 2.45 bits per heavy atom. The summed E-state index contributed by atoms with van der Waals surface area (Å²) in [4.78, 5) is 3.88. The van der Waals surface area contributed by atoms with Crippen molar-refractivity contribution in [1.82, 2.24) is 4.98 Å². The average Bonchev–Trinajstić information content (AvgIpc) is 2.38. The van der Waals surface area contributed by atoms with E-state index in [0.717, 1.165) is 31.4 Å². The lowest BCUT2D eigenvalue weighted by Crippen LogP contribution is -2.44. The Hall–Kier alpha value is -1.01. The van der Waals surface area contributed by atoms with Crippen LogP contribution in [0.3, 0.4) is 0 Å². The van der Waals surface area contributed by atoms with Crippen molar-refractivity contribution in [2.45, 2.75) is 43.8 Å². The maximum Gasteiger partial charge on any atom is 0.416 e. The summed E-state index contributed by atoms with van der Waals surface area (Å²) >= 11 is 5.65. The lowest BCUT2D eigenvalue weighted by Gasteiger charge is -2.37. The molecular formula is C13H16ClF3N2O. The van der Waals surface area contributed by atoms with Crippen molar-refractivity contribution in [3.8, 4) is 0 Å². The van der Waals surface area contributed by atoms with Crippen LogP contribution in [-0.4, -0.2) is 22.2 Å². The normalized spacial score (nSPS) is 18.9. The zero-order valence-electron chi connectivity index (χ0n) is 10.8. The van der Waals surface area contributed by atoms with Crippen molar-refractivity contribution in [3.63, 3.8) is 0 Å². The number of pyridine rings is 1. The molecule has 1 saturated carbocycles. The molecule has 0 spiro atoms. The Kier molecular flexibility index (Phi) is 4.44. The van der Waals surface area contributed by atoms with Gasteiger partial charge in [0.05, 0.1) is 17.7 Å². The molecule has 2 N–H and O–H groups in total. The minimum Gasteiger partial charge on any atom is -0.394 e. The van der Waals surface area contributed by atoms with Gasteiger partial charge in [-0.2, -0.15) is 13.2 Å². The van der Waals surface area contributed by atoms with Crippen LogP contribution in [0.1, 0.15) is 37.7 Å². The minimum atomic E-state index is -4.47. The van der Waals surface area contributed by atoms with E-state index in [1.165, 1.54) is 0 Å². The third-order valence-electron chi connectivity index (χ3n) is 3.63. The summed E-state index contributed by atoms with van der Waals surface area (Å²) < 4.78 is 38.2. The van der Waals surface area contributed by atoms with Crippen molar-refractivity contribution < 1.29 is 18.3 Å². The van der Waals surface area contributed by atoms with Crippen molar-refractivity contribution >= 4 is 17.4 Å². The van der Waals surface area contributed by atoms with Crippen LogP contribution in [0, 0.1) is 0 Å². The fourth-order valence-corrected chi connectivity index (χ4v) is 2.76. The molecule has 0 aromatic carbocycles. The van der Waals surface area contributed by atoms with Gasteiger partial charge in [0.25, 0.3) is 0 Å². The quantitative estimate of drug-likeness (QED) is 0.833. The number of rotatable bonds is 3. The lowest BCUT2D eigenvalue weighted by atomic mass is 9.82. The molecule has 1 aromatic rings. The number of anilines is 1. The molecule has 3 nitrogen and oxygen atoms in total. The van der Waals surface area contributed by atoms with Gasteiger partial charge in [-0.05, 0) is 25.0 Å². The zero-order valence-corrected chi connectivity index (χ0v) is 11.6. The Bertz CT molecular complexity index is 473. The Morgan fingerprint density at radius 2 is 1.90 bits per heavy atom. The summed E-state index contributed by atoms with van der Waals surface area (Å²) in [6.07, 6.45) is -0.124. The van der Waals surface area contributed by atoms with E-state index < -0.39 is 17.3 Å². The van der Waals surface area contributed by atoms with Gasteiger partial charge in [0.2, 0.25) is 0 Å². The molecule has 0 bridgehead atoms. The van der Waals surface area contributed by atoms with Gasteiger partial charge in [-0.25, -0.2) is 4.98 Å². The lowest BCUT2D eigenvalue weighted by molar-refractivity contribution is -0.137. The van der Waals surface area contributed by atoms with Crippen molar-refractivity contribution in [1.29, 1.82) is 0 Å². The van der Waals surface area contributed by atoms with E-state index in [1.807, 2.05) is 0 Å². The molecule has 7 heteroatoms. The van der Waals surface area contributed by atoms with Crippen LogP contribution in [0.25, 0.3) is 0 Å². The van der Waals surface area contributed by atoms with E-state index in [9.17, 15) is 18.3 Å². The number of hydrogen-bond acceptors (Lipinski definition) is 3. The topological polar surface area (TPSA) is 45.1 Å². The van der Waals surface area contributed by atoms with Crippen molar-refractivity contribution in [2.24, 2.45) is 0 Å². The molecule has 0 radical (unpaired) electrons. The molecule has 0 aliphatic heterocycles. The van der Waals surface area contributed by atoms with Crippen LogP contribution in [0.5, 0.6) is 0 Å². The first kappa shape index (κ1) is 15.4. The maximum absolute atomic E-state index is 12.7. The van der Waals surface area contributed by atoms with Crippen LogP contribution < -0.4 is 5.32 Å². The molecule has 1 heterocycles. The van der Waals surface area contributed by atoms with Gasteiger partial charge in [0.15, 0.2) is 0 Å². The number of nitrogens with one attached hydrogen (secondary N) is 1.